The number of nitrogens with one attached hydrogen (secondary N) is 3. The zero-order valence-corrected chi connectivity index (χ0v) is 14.0. The van der Waals surface area contributed by atoms with E-state index in [1.54, 1.807) is 6.20 Å². The number of H-pyrrole nitrogens is 2. The number of nitrogens with zero attached hydrogens (tertiary/aromatic N) is 1. The van der Waals surface area contributed by atoms with E-state index in [-0.39, 0.29) is 5.56 Å². The van der Waals surface area contributed by atoms with Crippen LogP contribution in [0, 0.1) is 0 Å². The summed E-state index contributed by atoms with van der Waals surface area (Å²) >= 11 is 0. The van der Waals surface area contributed by atoms with E-state index in [0.717, 1.165) is 61.7 Å². The van der Waals surface area contributed by atoms with Gasteiger partial charge >= 0.3 is 0 Å². The summed E-state index contributed by atoms with van der Waals surface area (Å²) in [6.07, 6.45) is 1.69. The number of rotatable bonds is 5. The number of fused-ring (bicyclic) bond motifs is 1. The van der Waals surface area contributed by atoms with Crippen LogP contribution in [0.15, 0.2) is 47.4 Å². The molecule has 0 aliphatic carbocycles. The van der Waals surface area contributed by atoms with E-state index in [4.69, 9.17) is 4.74 Å². The molecule has 3 heterocycles. The first-order chi connectivity index (χ1) is 12.3. The highest BCUT2D eigenvalue weighted by Crippen LogP contribution is 2.26. The second-order valence-electron chi connectivity index (χ2n) is 6.25. The molecule has 1 saturated heterocycles. The van der Waals surface area contributed by atoms with E-state index in [1.165, 1.54) is 0 Å². The van der Waals surface area contributed by atoms with Gasteiger partial charge in [0.15, 0.2) is 0 Å². The monoisotopic (exact) mass is 338 g/mol. The lowest BCUT2D eigenvalue weighted by Crippen LogP contribution is -2.39. The molecule has 3 aromatic rings. The normalized spacial score (nSPS) is 15.5. The van der Waals surface area contributed by atoms with Gasteiger partial charge in [-0.1, -0.05) is 18.2 Å². The molecule has 1 aliphatic rings. The van der Waals surface area contributed by atoms with Gasteiger partial charge in [-0.05, 0) is 18.2 Å². The fourth-order valence-corrected chi connectivity index (χ4v) is 3.27. The number of pyridine rings is 1. The standard InChI is InChI=1S/C19H22N4O2/c24-19-18(17-13-14-3-1-2-4-15(14)22-17)16(5-6-21-19)20-7-8-23-9-11-25-12-10-23/h1-6,13,22H,7-12H2,(H2,20,21,24). The molecule has 6 nitrogen and oxygen atoms in total. The first-order valence-corrected chi connectivity index (χ1v) is 8.65. The van der Waals surface area contributed by atoms with Crippen LogP contribution in [-0.2, 0) is 4.74 Å². The van der Waals surface area contributed by atoms with Crippen LogP contribution in [0.5, 0.6) is 0 Å². The molecular formula is C19H22N4O2. The number of hydrogen-bond acceptors (Lipinski definition) is 4. The maximum absolute atomic E-state index is 12.4. The second kappa shape index (κ2) is 7.13. The summed E-state index contributed by atoms with van der Waals surface area (Å²) in [6.45, 7) is 5.24. The minimum absolute atomic E-state index is 0.0945. The third kappa shape index (κ3) is 3.45. The Morgan fingerprint density at radius 1 is 1.16 bits per heavy atom. The molecule has 4 rings (SSSR count). The molecule has 2 aromatic heterocycles. The molecule has 0 unspecified atom stereocenters. The quantitative estimate of drug-likeness (QED) is 0.667. The summed E-state index contributed by atoms with van der Waals surface area (Å²) < 4.78 is 5.37. The van der Waals surface area contributed by atoms with Crippen LogP contribution in [0.4, 0.5) is 5.69 Å². The van der Waals surface area contributed by atoms with Crippen LogP contribution >= 0.6 is 0 Å². The summed E-state index contributed by atoms with van der Waals surface area (Å²) in [5, 5.41) is 4.52. The summed E-state index contributed by atoms with van der Waals surface area (Å²) in [7, 11) is 0. The van der Waals surface area contributed by atoms with Gasteiger partial charge in [0.2, 0.25) is 0 Å². The fraction of sp³-hybridized carbons (Fsp3) is 0.316. The van der Waals surface area contributed by atoms with E-state index in [1.807, 2.05) is 36.4 Å². The van der Waals surface area contributed by atoms with Crippen molar-refractivity contribution in [1.29, 1.82) is 0 Å². The average molecular weight is 338 g/mol. The van der Waals surface area contributed by atoms with Crippen molar-refractivity contribution in [3.05, 3.63) is 52.9 Å². The highest BCUT2D eigenvalue weighted by molar-refractivity contribution is 5.88. The van der Waals surface area contributed by atoms with Crippen LogP contribution < -0.4 is 10.9 Å². The van der Waals surface area contributed by atoms with Crippen molar-refractivity contribution in [2.45, 2.75) is 0 Å². The third-order valence-corrected chi connectivity index (χ3v) is 4.61. The van der Waals surface area contributed by atoms with E-state index in [0.29, 0.717) is 5.56 Å². The smallest absolute Gasteiger partial charge is 0.259 e. The predicted molar refractivity (Wildman–Crippen MR) is 100 cm³/mol. The van der Waals surface area contributed by atoms with E-state index >= 15 is 0 Å². The molecule has 0 saturated carbocycles. The first-order valence-electron chi connectivity index (χ1n) is 8.65. The number of aromatic amines is 2. The van der Waals surface area contributed by atoms with Gasteiger partial charge in [-0.2, -0.15) is 0 Å². The molecule has 0 radical (unpaired) electrons. The highest BCUT2D eigenvalue weighted by atomic mass is 16.5. The van der Waals surface area contributed by atoms with Crippen LogP contribution in [0.2, 0.25) is 0 Å². The number of para-hydroxylation sites is 1. The molecule has 130 valence electrons. The summed E-state index contributed by atoms with van der Waals surface area (Å²) in [6, 6.07) is 12.0. The largest absolute Gasteiger partial charge is 0.383 e. The van der Waals surface area contributed by atoms with Crippen LogP contribution in [-0.4, -0.2) is 54.3 Å². The second-order valence-corrected chi connectivity index (χ2v) is 6.25. The maximum atomic E-state index is 12.4. The molecule has 1 fully saturated rings. The number of aromatic nitrogens is 2. The summed E-state index contributed by atoms with van der Waals surface area (Å²) in [5.74, 6) is 0. The molecule has 1 aliphatic heterocycles. The Morgan fingerprint density at radius 2 is 2.00 bits per heavy atom. The highest BCUT2D eigenvalue weighted by Gasteiger charge is 2.13. The summed E-state index contributed by atoms with van der Waals surface area (Å²) in [4.78, 5) is 20.9. The zero-order valence-electron chi connectivity index (χ0n) is 14.0. The first kappa shape index (κ1) is 15.9. The molecule has 0 bridgehead atoms. The summed E-state index contributed by atoms with van der Waals surface area (Å²) in [5.41, 5.74) is 3.27. The number of benzene rings is 1. The molecule has 0 atom stereocenters. The Labute approximate surface area is 145 Å². The number of anilines is 1. The number of morpholine rings is 1. The van der Waals surface area contributed by atoms with Gasteiger partial charge < -0.3 is 20.0 Å². The van der Waals surface area contributed by atoms with Crippen molar-refractivity contribution in [1.82, 2.24) is 14.9 Å². The van der Waals surface area contributed by atoms with Gasteiger partial charge in [0, 0.05) is 43.3 Å². The molecular weight excluding hydrogens is 316 g/mol. The minimum atomic E-state index is -0.0945. The lowest BCUT2D eigenvalue weighted by atomic mass is 10.1. The Balaban J connectivity index is 1.56. The van der Waals surface area contributed by atoms with Gasteiger partial charge in [-0.3, -0.25) is 9.69 Å². The van der Waals surface area contributed by atoms with Crippen LogP contribution in [0.25, 0.3) is 22.2 Å². The van der Waals surface area contributed by atoms with Crippen LogP contribution in [0.3, 0.4) is 0 Å². The topological polar surface area (TPSA) is 73.2 Å². The zero-order chi connectivity index (χ0) is 17.1. The van der Waals surface area contributed by atoms with Crippen LogP contribution in [0.1, 0.15) is 0 Å². The maximum Gasteiger partial charge on any atom is 0.259 e. The van der Waals surface area contributed by atoms with Gasteiger partial charge in [-0.15, -0.1) is 0 Å². The molecule has 0 amide bonds. The van der Waals surface area contributed by atoms with E-state index < -0.39 is 0 Å². The van der Waals surface area contributed by atoms with Crippen molar-refractivity contribution < 1.29 is 4.74 Å². The number of hydrogen-bond donors (Lipinski definition) is 3. The Hall–Kier alpha value is -2.57. The van der Waals surface area contributed by atoms with E-state index in [9.17, 15) is 4.79 Å². The van der Waals surface area contributed by atoms with Crippen molar-refractivity contribution >= 4 is 16.6 Å². The fourth-order valence-electron chi connectivity index (χ4n) is 3.27. The molecule has 6 heteroatoms. The van der Waals surface area contributed by atoms with Gasteiger partial charge in [-0.25, -0.2) is 0 Å². The van der Waals surface area contributed by atoms with Crippen molar-refractivity contribution in [3.8, 4) is 11.3 Å². The van der Waals surface area contributed by atoms with Crippen molar-refractivity contribution in [2.24, 2.45) is 0 Å². The minimum Gasteiger partial charge on any atom is -0.383 e. The molecule has 3 N–H and O–H groups in total. The SMILES string of the molecule is O=c1[nH]ccc(NCCN2CCOCC2)c1-c1cc2ccccc2[nH]1. The van der Waals surface area contributed by atoms with Crippen molar-refractivity contribution in [2.75, 3.05) is 44.7 Å². The lowest BCUT2D eigenvalue weighted by Gasteiger charge is -2.26. The molecule has 25 heavy (non-hydrogen) atoms. The van der Waals surface area contributed by atoms with Crippen molar-refractivity contribution in [3.63, 3.8) is 0 Å². The third-order valence-electron chi connectivity index (χ3n) is 4.61. The van der Waals surface area contributed by atoms with E-state index in [2.05, 4.69) is 20.2 Å². The lowest BCUT2D eigenvalue weighted by molar-refractivity contribution is 0.0398. The molecule has 0 spiro atoms. The number of ether oxygens (including phenoxy) is 1. The Morgan fingerprint density at radius 3 is 2.84 bits per heavy atom. The molecule has 1 aromatic carbocycles. The average Bonchev–Trinajstić information content (AvgIpc) is 3.06. The van der Waals surface area contributed by atoms with Gasteiger partial charge in [0.1, 0.15) is 0 Å². The Bertz CT molecular complexity index is 876. The van der Waals surface area contributed by atoms with Gasteiger partial charge in [0.05, 0.1) is 30.2 Å². The predicted octanol–water partition coefficient (Wildman–Crippen LogP) is 2.27. The Kier molecular flexibility index (Phi) is 4.54. The van der Waals surface area contributed by atoms with Gasteiger partial charge in [0.25, 0.3) is 5.56 Å².